The number of aryl methyl sites for hydroxylation is 1. The van der Waals surface area contributed by atoms with Gasteiger partial charge in [0.2, 0.25) is 0 Å². The minimum Gasteiger partial charge on any atom is -0.338 e. The summed E-state index contributed by atoms with van der Waals surface area (Å²) in [6.07, 6.45) is 0. The van der Waals surface area contributed by atoms with Crippen molar-refractivity contribution in [1.82, 2.24) is 9.97 Å². The second-order valence-corrected chi connectivity index (χ2v) is 6.47. The van der Waals surface area contributed by atoms with Crippen molar-refractivity contribution in [3.05, 3.63) is 82.9 Å². The van der Waals surface area contributed by atoms with Crippen LogP contribution in [0, 0.1) is 6.92 Å². The first kappa shape index (κ1) is 16.4. The molecule has 4 rings (SSSR count). The van der Waals surface area contributed by atoms with Crippen molar-refractivity contribution in [3.63, 3.8) is 0 Å². The van der Waals surface area contributed by atoms with Gasteiger partial charge < -0.3 is 10.3 Å². The Morgan fingerprint density at radius 1 is 1.04 bits per heavy atom. The molecule has 1 heterocycles. The van der Waals surface area contributed by atoms with Gasteiger partial charge in [0.1, 0.15) is 5.82 Å². The van der Waals surface area contributed by atoms with Crippen LogP contribution in [0.5, 0.6) is 0 Å². The minimum atomic E-state index is -0.236. The lowest BCUT2D eigenvalue weighted by molar-refractivity contribution is 0.102. The number of carbonyl (C=O) groups excluding carboxylic acids is 1. The zero-order chi connectivity index (χ0) is 18.1. The Balaban J connectivity index is 1.68. The van der Waals surface area contributed by atoms with E-state index in [0.29, 0.717) is 10.6 Å². The Kier molecular flexibility index (Phi) is 4.19. The van der Waals surface area contributed by atoms with Crippen LogP contribution in [0.15, 0.2) is 66.7 Å². The number of fused-ring (bicyclic) bond motifs is 1. The molecule has 1 aromatic heterocycles. The van der Waals surface area contributed by atoms with E-state index in [1.165, 1.54) is 0 Å². The summed E-state index contributed by atoms with van der Waals surface area (Å²) in [5.74, 6) is 0.528. The van der Waals surface area contributed by atoms with Gasteiger partial charge in [0, 0.05) is 11.3 Å². The molecule has 0 aliphatic rings. The van der Waals surface area contributed by atoms with Crippen molar-refractivity contribution in [2.45, 2.75) is 6.92 Å². The van der Waals surface area contributed by atoms with E-state index < -0.39 is 0 Å². The molecule has 0 unspecified atom stereocenters. The highest BCUT2D eigenvalue weighted by molar-refractivity contribution is 6.34. The Bertz CT molecular complexity index is 1080. The highest BCUT2D eigenvalue weighted by Crippen LogP contribution is 2.26. The number of carbonyl (C=O) groups is 1. The maximum atomic E-state index is 12.6. The van der Waals surface area contributed by atoms with Crippen molar-refractivity contribution in [2.75, 3.05) is 5.32 Å². The van der Waals surface area contributed by atoms with Crippen LogP contribution in [0.2, 0.25) is 5.02 Å². The fourth-order valence-electron chi connectivity index (χ4n) is 2.83. The van der Waals surface area contributed by atoms with Crippen LogP contribution in [-0.2, 0) is 0 Å². The van der Waals surface area contributed by atoms with Gasteiger partial charge in [0.15, 0.2) is 0 Å². The van der Waals surface area contributed by atoms with E-state index in [4.69, 9.17) is 11.6 Å². The molecule has 5 heteroatoms. The highest BCUT2D eigenvalue weighted by atomic mass is 35.5. The van der Waals surface area contributed by atoms with Crippen LogP contribution >= 0.6 is 11.6 Å². The number of aromatic nitrogens is 2. The molecule has 0 saturated heterocycles. The largest absolute Gasteiger partial charge is 0.338 e. The van der Waals surface area contributed by atoms with E-state index in [2.05, 4.69) is 15.3 Å². The van der Waals surface area contributed by atoms with Gasteiger partial charge in [-0.1, -0.05) is 48.0 Å². The maximum Gasteiger partial charge on any atom is 0.257 e. The number of H-pyrrole nitrogens is 1. The van der Waals surface area contributed by atoms with Crippen molar-refractivity contribution < 1.29 is 4.79 Å². The third kappa shape index (κ3) is 3.07. The number of hydrogen-bond acceptors (Lipinski definition) is 2. The van der Waals surface area contributed by atoms with E-state index in [-0.39, 0.29) is 5.91 Å². The van der Waals surface area contributed by atoms with Gasteiger partial charge >= 0.3 is 0 Å². The number of amides is 1. The van der Waals surface area contributed by atoms with Crippen LogP contribution in [0.3, 0.4) is 0 Å². The molecule has 26 heavy (non-hydrogen) atoms. The molecule has 0 spiro atoms. The molecule has 0 aliphatic heterocycles. The molecule has 3 aromatic carbocycles. The van der Waals surface area contributed by atoms with Crippen LogP contribution in [-0.4, -0.2) is 15.9 Å². The second kappa shape index (κ2) is 6.65. The molecule has 0 bridgehead atoms. The lowest BCUT2D eigenvalue weighted by Gasteiger charge is -2.11. The van der Waals surface area contributed by atoms with E-state index in [0.717, 1.165) is 33.7 Å². The monoisotopic (exact) mass is 361 g/mol. The van der Waals surface area contributed by atoms with Crippen LogP contribution in [0.1, 0.15) is 15.9 Å². The summed E-state index contributed by atoms with van der Waals surface area (Å²) in [5.41, 5.74) is 4.93. The summed E-state index contributed by atoms with van der Waals surface area (Å²) < 4.78 is 0. The average Bonchev–Trinajstić information content (AvgIpc) is 3.08. The van der Waals surface area contributed by atoms with Crippen molar-refractivity contribution >= 4 is 34.2 Å². The first-order valence-corrected chi connectivity index (χ1v) is 8.61. The number of halogens is 1. The normalized spacial score (nSPS) is 10.8. The second-order valence-electron chi connectivity index (χ2n) is 6.07. The number of nitrogens with zero attached hydrogens (tertiary/aromatic N) is 1. The maximum absolute atomic E-state index is 12.6. The van der Waals surface area contributed by atoms with Gasteiger partial charge in [-0.05, 0) is 42.8 Å². The first-order valence-electron chi connectivity index (χ1n) is 8.23. The molecule has 0 atom stereocenters. The SMILES string of the molecule is Cc1ccc(-c2nc3ccccc3[nH]2)cc1NC(=O)c1ccccc1Cl. The number of benzene rings is 3. The van der Waals surface area contributed by atoms with E-state index >= 15 is 0 Å². The molecule has 4 nitrogen and oxygen atoms in total. The molecular weight excluding hydrogens is 346 g/mol. The predicted octanol–water partition coefficient (Wildman–Crippen LogP) is 5.44. The molecule has 2 N–H and O–H groups in total. The van der Waals surface area contributed by atoms with Crippen molar-refractivity contribution in [2.24, 2.45) is 0 Å². The van der Waals surface area contributed by atoms with Crippen molar-refractivity contribution in [3.8, 4) is 11.4 Å². The summed E-state index contributed by atoms with van der Waals surface area (Å²) in [6, 6.07) is 20.7. The number of rotatable bonds is 3. The number of nitrogens with one attached hydrogen (secondary N) is 2. The molecular formula is C21H16ClN3O. The lowest BCUT2D eigenvalue weighted by Crippen LogP contribution is -2.13. The standard InChI is InChI=1S/C21H16ClN3O/c1-13-10-11-14(20-23-17-8-4-5-9-18(17)24-20)12-19(13)25-21(26)15-6-2-3-7-16(15)22/h2-12H,1H3,(H,23,24)(H,25,26). The number of anilines is 1. The topological polar surface area (TPSA) is 57.8 Å². The summed E-state index contributed by atoms with van der Waals surface area (Å²) in [5, 5.41) is 3.37. The van der Waals surface area contributed by atoms with Gasteiger partial charge in [-0.15, -0.1) is 0 Å². The smallest absolute Gasteiger partial charge is 0.257 e. The van der Waals surface area contributed by atoms with Crippen molar-refractivity contribution in [1.29, 1.82) is 0 Å². The summed E-state index contributed by atoms with van der Waals surface area (Å²) in [6.45, 7) is 1.95. The lowest BCUT2D eigenvalue weighted by atomic mass is 10.1. The van der Waals surface area contributed by atoms with E-state index in [1.807, 2.05) is 49.4 Å². The van der Waals surface area contributed by atoms with Gasteiger partial charge in [-0.3, -0.25) is 4.79 Å². The van der Waals surface area contributed by atoms with E-state index in [1.54, 1.807) is 24.3 Å². The molecule has 0 radical (unpaired) electrons. The predicted molar refractivity (Wildman–Crippen MR) is 106 cm³/mol. The number of aromatic amines is 1. The Hall–Kier alpha value is -3.11. The Labute approximate surface area is 155 Å². The summed E-state index contributed by atoms with van der Waals surface area (Å²) in [7, 11) is 0. The zero-order valence-electron chi connectivity index (χ0n) is 14.1. The van der Waals surface area contributed by atoms with Crippen LogP contribution < -0.4 is 5.32 Å². The van der Waals surface area contributed by atoms with Crippen LogP contribution in [0.4, 0.5) is 5.69 Å². The quantitative estimate of drug-likeness (QED) is 0.510. The molecule has 0 saturated carbocycles. The fourth-order valence-corrected chi connectivity index (χ4v) is 3.05. The van der Waals surface area contributed by atoms with Gasteiger partial charge in [0.25, 0.3) is 5.91 Å². The van der Waals surface area contributed by atoms with Crippen LogP contribution in [0.25, 0.3) is 22.4 Å². The van der Waals surface area contributed by atoms with Gasteiger partial charge in [-0.2, -0.15) is 0 Å². The fraction of sp³-hybridized carbons (Fsp3) is 0.0476. The number of hydrogen-bond donors (Lipinski definition) is 2. The molecule has 0 aliphatic carbocycles. The summed E-state index contributed by atoms with van der Waals surface area (Å²) in [4.78, 5) is 20.5. The summed E-state index contributed by atoms with van der Waals surface area (Å²) >= 11 is 6.12. The number of para-hydroxylation sites is 2. The molecule has 128 valence electrons. The molecule has 4 aromatic rings. The average molecular weight is 362 g/mol. The molecule has 0 fully saturated rings. The molecule has 1 amide bonds. The van der Waals surface area contributed by atoms with E-state index in [9.17, 15) is 4.79 Å². The zero-order valence-corrected chi connectivity index (χ0v) is 14.8. The van der Waals surface area contributed by atoms with Gasteiger partial charge in [-0.25, -0.2) is 4.98 Å². The third-order valence-corrected chi connectivity index (χ3v) is 4.60. The third-order valence-electron chi connectivity index (χ3n) is 4.27. The van der Waals surface area contributed by atoms with Gasteiger partial charge in [0.05, 0.1) is 21.6 Å². The first-order chi connectivity index (χ1) is 12.6. The Morgan fingerprint density at radius 2 is 1.81 bits per heavy atom. The minimum absolute atomic E-state index is 0.236. The number of imidazole rings is 1. The Morgan fingerprint density at radius 3 is 2.62 bits per heavy atom. The highest BCUT2D eigenvalue weighted by Gasteiger charge is 2.13.